The van der Waals surface area contributed by atoms with Crippen molar-refractivity contribution in [2.45, 2.75) is 31.3 Å². The van der Waals surface area contributed by atoms with Gasteiger partial charge in [-0.05, 0) is 31.7 Å². The maximum Gasteiger partial charge on any atom is 0.239 e. The molecule has 0 aliphatic carbocycles. The summed E-state index contributed by atoms with van der Waals surface area (Å²) in [5.41, 5.74) is 0. The average molecular weight is 223 g/mol. The van der Waals surface area contributed by atoms with Gasteiger partial charge in [0.15, 0.2) is 0 Å². The van der Waals surface area contributed by atoms with Crippen molar-refractivity contribution in [2.24, 2.45) is 5.92 Å². The highest BCUT2D eigenvalue weighted by atomic mass is 16.2. The van der Waals surface area contributed by atoms with Gasteiger partial charge in [-0.3, -0.25) is 9.69 Å². The lowest BCUT2D eigenvalue weighted by Crippen LogP contribution is -2.42. The molecule has 1 N–H and O–H groups in total. The Bertz CT molecular complexity index is 280. The summed E-state index contributed by atoms with van der Waals surface area (Å²) in [6.07, 6.45) is 3.66. The van der Waals surface area contributed by atoms with E-state index in [2.05, 4.69) is 10.2 Å². The fourth-order valence-electron chi connectivity index (χ4n) is 3.48. The molecule has 0 aromatic rings. The van der Waals surface area contributed by atoms with Crippen LogP contribution in [0.3, 0.4) is 0 Å². The zero-order valence-electron chi connectivity index (χ0n) is 9.98. The molecule has 3 fully saturated rings. The Morgan fingerprint density at radius 3 is 2.88 bits per heavy atom. The molecule has 0 saturated carbocycles. The van der Waals surface area contributed by atoms with Gasteiger partial charge < -0.3 is 10.2 Å². The van der Waals surface area contributed by atoms with Crippen molar-refractivity contribution in [3.05, 3.63) is 0 Å². The highest BCUT2D eigenvalue weighted by Crippen LogP contribution is 2.28. The van der Waals surface area contributed by atoms with Crippen LogP contribution in [0.2, 0.25) is 0 Å². The third-order valence-electron chi connectivity index (χ3n) is 4.47. The van der Waals surface area contributed by atoms with Gasteiger partial charge in [-0.1, -0.05) is 0 Å². The molecule has 3 heterocycles. The predicted octanol–water partition coefficient (Wildman–Crippen LogP) is -0.0991. The van der Waals surface area contributed by atoms with Gasteiger partial charge in [0.1, 0.15) is 0 Å². The van der Waals surface area contributed by atoms with Gasteiger partial charge in [0, 0.05) is 32.7 Å². The van der Waals surface area contributed by atoms with E-state index in [4.69, 9.17) is 0 Å². The van der Waals surface area contributed by atoms with Crippen LogP contribution < -0.4 is 5.32 Å². The molecule has 0 radical (unpaired) electrons. The Morgan fingerprint density at radius 1 is 1.31 bits per heavy atom. The maximum atomic E-state index is 12.0. The third kappa shape index (κ3) is 1.64. The summed E-state index contributed by atoms with van der Waals surface area (Å²) in [5.74, 6) is 1.12. The van der Waals surface area contributed by atoms with Gasteiger partial charge in [-0.25, -0.2) is 0 Å². The van der Waals surface area contributed by atoms with Gasteiger partial charge in [-0.15, -0.1) is 0 Å². The van der Waals surface area contributed by atoms with Crippen molar-refractivity contribution in [1.82, 2.24) is 15.1 Å². The number of hydrogen-bond donors (Lipinski definition) is 1. The van der Waals surface area contributed by atoms with Crippen LogP contribution in [0, 0.1) is 5.92 Å². The highest BCUT2D eigenvalue weighted by molar-refractivity contribution is 5.83. The largest absolute Gasteiger partial charge is 0.344 e. The molecule has 4 heteroatoms. The zero-order chi connectivity index (χ0) is 11.1. The number of fused-ring (bicyclic) bond motifs is 1. The molecule has 1 amide bonds. The lowest BCUT2D eigenvalue weighted by Gasteiger charge is -2.24. The third-order valence-corrected chi connectivity index (χ3v) is 4.47. The molecule has 0 aromatic heterocycles. The van der Waals surface area contributed by atoms with E-state index in [1.54, 1.807) is 0 Å². The molecule has 3 unspecified atom stereocenters. The first-order valence-electron chi connectivity index (χ1n) is 6.48. The van der Waals surface area contributed by atoms with Crippen molar-refractivity contribution in [2.75, 3.05) is 33.2 Å². The summed E-state index contributed by atoms with van der Waals surface area (Å²) in [6, 6.07) is 0.824. The standard InChI is InChI=1S/C12H21N3O/c1-14-6-4-11(12(14)16)15-7-9-3-2-5-13-10(9)8-15/h9-11,13H,2-8H2,1H3. The molecular formula is C12H21N3O. The summed E-state index contributed by atoms with van der Waals surface area (Å²) < 4.78 is 0. The Kier molecular flexibility index (Phi) is 2.64. The fourth-order valence-corrected chi connectivity index (χ4v) is 3.48. The van der Waals surface area contributed by atoms with Crippen LogP contribution >= 0.6 is 0 Å². The maximum absolute atomic E-state index is 12.0. The van der Waals surface area contributed by atoms with E-state index in [1.807, 2.05) is 11.9 Å². The predicted molar refractivity (Wildman–Crippen MR) is 62.1 cm³/mol. The minimum absolute atomic E-state index is 0.178. The molecule has 0 aromatic carbocycles. The van der Waals surface area contributed by atoms with Crippen molar-refractivity contribution >= 4 is 5.91 Å². The number of likely N-dealkylation sites (N-methyl/N-ethyl adjacent to an activating group) is 1. The molecule has 3 aliphatic heterocycles. The first-order valence-corrected chi connectivity index (χ1v) is 6.48. The van der Waals surface area contributed by atoms with Crippen molar-refractivity contribution < 1.29 is 4.79 Å². The lowest BCUT2D eigenvalue weighted by molar-refractivity contribution is -0.130. The van der Waals surface area contributed by atoms with E-state index in [0.717, 1.165) is 38.5 Å². The van der Waals surface area contributed by atoms with Crippen molar-refractivity contribution in [3.63, 3.8) is 0 Å². The number of piperidine rings is 1. The molecule has 3 rings (SSSR count). The van der Waals surface area contributed by atoms with Crippen LogP contribution in [-0.2, 0) is 4.79 Å². The summed E-state index contributed by atoms with van der Waals surface area (Å²) in [7, 11) is 1.92. The minimum atomic E-state index is 0.178. The first-order chi connectivity index (χ1) is 7.75. The van der Waals surface area contributed by atoms with Crippen LogP contribution in [0.25, 0.3) is 0 Å². The van der Waals surface area contributed by atoms with Crippen LogP contribution in [0.15, 0.2) is 0 Å². The molecular weight excluding hydrogens is 202 g/mol. The molecule has 0 spiro atoms. The van der Waals surface area contributed by atoms with E-state index in [0.29, 0.717) is 11.9 Å². The molecule has 4 nitrogen and oxygen atoms in total. The topological polar surface area (TPSA) is 35.6 Å². The number of hydrogen-bond acceptors (Lipinski definition) is 3. The Hall–Kier alpha value is -0.610. The SMILES string of the molecule is CN1CCC(N2CC3CCCNC3C2)C1=O. The highest BCUT2D eigenvalue weighted by Gasteiger charge is 2.42. The van der Waals surface area contributed by atoms with Gasteiger partial charge in [-0.2, -0.15) is 0 Å². The number of rotatable bonds is 1. The first kappa shape index (κ1) is 10.5. The number of nitrogens with zero attached hydrogens (tertiary/aromatic N) is 2. The Labute approximate surface area is 97.0 Å². The van der Waals surface area contributed by atoms with E-state index in [-0.39, 0.29) is 6.04 Å². The molecule has 3 atom stereocenters. The van der Waals surface area contributed by atoms with Crippen LogP contribution in [0.5, 0.6) is 0 Å². The Balaban J connectivity index is 1.67. The average Bonchev–Trinajstić information content (AvgIpc) is 2.84. The molecule has 90 valence electrons. The van der Waals surface area contributed by atoms with Crippen LogP contribution in [0.1, 0.15) is 19.3 Å². The van der Waals surface area contributed by atoms with E-state index >= 15 is 0 Å². The second kappa shape index (κ2) is 4.00. The number of amides is 1. The molecule has 3 saturated heterocycles. The van der Waals surface area contributed by atoms with E-state index in [1.165, 1.54) is 12.8 Å². The second-order valence-corrected chi connectivity index (χ2v) is 5.48. The summed E-state index contributed by atoms with van der Waals surface area (Å²) >= 11 is 0. The van der Waals surface area contributed by atoms with E-state index < -0.39 is 0 Å². The molecule has 3 aliphatic rings. The van der Waals surface area contributed by atoms with Crippen LogP contribution in [-0.4, -0.2) is 61.0 Å². The van der Waals surface area contributed by atoms with E-state index in [9.17, 15) is 4.79 Å². The van der Waals surface area contributed by atoms with Crippen molar-refractivity contribution in [3.8, 4) is 0 Å². The monoisotopic (exact) mass is 223 g/mol. The summed E-state index contributed by atoms with van der Waals surface area (Å²) in [4.78, 5) is 16.3. The quantitative estimate of drug-likeness (QED) is 0.674. The zero-order valence-corrected chi connectivity index (χ0v) is 9.98. The normalized spacial score (nSPS) is 40.4. The summed E-state index contributed by atoms with van der Waals surface area (Å²) in [6.45, 7) is 4.30. The molecule has 0 bridgehead atoms. The molecule has 16 heavy (non-hydrogen) atoms. The van der Waals surface area contributed by atoms with Crippen molar-refractivity contribution in [1.29, 1.82) is 0 Å². The number of carbonyl (C=O) groups excluding carboxylic acids is 1. The number of likely N-dealkylation sites (tertiary alicyclic amines) is 2. The fraction of sp³-hybridized carbons (Fsp3) is 0.917. The van der Waals surface area contributed by atoms with Crippen LogP contribution in [0.4, 0.5) is 0 Å². The van der Waals surface area contributed by atoms with Gasteiger partial charge in [0.25, 0.3) is 0 Å². The van der Waals surface area contributed by atoms with Gasteiger partial charge in [0.2, 0.25) is 5.91 Å². The smallest absolute Gasteiger partial charge is 0.239 e. The Morgan fingerprint density at radius 2 is 2.19 bits per heavy atom. The summed E-state index contributed by atoms with van der Waals surface area (Å²) in [5, 5.41) is 3.59. The lowest BCUT2D eigenvalue weighted by atomic mass is 9.94. The minimum Gasteiger partial charge on any atom is -0.344 e. The number of nitrogens with one attached hydrogen (secondary N) is 1. The van der Waals surface area contributed by atoms with Gasteiger partial charge in [0.05, 0.1) is 6.04 Å². The second-order valence-electron chi connectivity index (χ2n) is 5.48. The van der Waals surface area contributed by atoms with Gasteiger partial charge >= 0.3 is 0 Å². The number of carbonyl (C=O) groups is 1.